The first-order valence-corrected chi connectivity index (χ1v) is 11.7. The summed E-state index contributed by atoms with van der Waals surface area (Å²) in [5, 5.41) is 14.0. The average Bonchev–Trinajstić information content (AvgIpc) is 3.09. The lowest BCUT2D eigenvalue weighted by Crippen LogP contribution is -2.26. The number of nitro groups is 1. The van der Waals surface area contributed by atoms with Crippen LogP contribution in [0.15, 0.2) is 54.6 Å². The molecule has 1 atom stereocenters. The van der Waals surface area contributed by atoms with Gasteiger partial charge in [-0.2, -0.15) is 0 Å². The number of nitro benzene ring substituents is 1. The molecule has 1 aromatic heterocycles. The molecule has 1 N–H and O–H groups in total. The molecule has 1 unspecified atom stereocenters. The monoisotopic (exact) mass is 464 g/mol. The van der Waals surface area contributed by atoms with Crippen LogP contribution in [0, 0.1) is 17.0 Å². The molecule has 1 amide bonds. The number of rotatable bonds is 6. The highest BCUT2D eigenvalue weighted by Crippen LogP contribution is 2.32. The van der Waals surface area contributed by atoms with E-state index in [-0.39, 0.29) is 11.4 Å². The molecule has 1 aliphatic rings. The van der Waals surface area contributed by atoms with E-state index in [0.29, 0.717) is 16.0 Å². The lowest BCUT2D eigenvalue weighted by atomic mass is 10.1. The van der Waals surface area contributed by atoms with Crippen molar-refractivity contribution in [1.82, 2.24) is 0 Å². The fourth-order valence-electron chi connectivity index (χ4n) is 3.93. The number of thiophene rings is 1. The van der Waals surface area contributed by atoms with E-state index >= 15 is 0 Å². The molecule has 0 fully saturated rings. The molecule has 0 bridgehead atoms. The van der Waals surface area contributed by atoms with Crippen molar-refractivity contribution in [3.63, 3.8) is 0 Å². The summed E-state index contributed by atoms with van der Waals surface area (Å²) in [6, 6.07) is 15.1. The Bertz CT molecular complexity index is 1170. The predicted octanol–water partition coefficient (Wildman–Crippen LogP) is 5.77. The number of fused-ring (bicyclic) bond motifs is 1. The fourth-order valence-corrected chi connectivity index (χ4v) is 5.07. The van der Waals surface area contributed by atoms with Crippen LogP contribution in [0.5, 0.6) is 0 Å². The van der Waals surface area contributed by atoms with Crippen molar-refractivity contribution >= 4 is 34.6 Å². The topological polar surface area (TPSA) is 98.5 Å². The number of ether oxygens (including phenoxy) is 1. The van der Waals surface area contributed by atoms with E-state index in [1.807, 2.05) is 6.07 Å². The standard InChI is InChI=1S/C25H24N2O5S/c1-16-12-13-19(20(14-16)27(30)31)26-24(28)23(17-8-4-2-5-9-17)32-25(29)22-15-18-10-6-3-7-11-21(18)33-22/h2,4-5,8-9,12-15,23H,3,6-7,10-11H2,1H3,(H,26,28). The molecule has 1 heterocycles. The van der Waals surface area contributed by atoms with Crippen LogP contribution in [0.2, 0.25) is 0 Å². The number of hydrogen-bond donors (Lipinski definition) is 1. The van der Waals surface area contributed by atoms with Crippen molar-refractivity contribution in [2.75, 3.05) is 5.32 Å². The number of carbonyl (C=O) groups excluding carboxylic acids is 2. The highest BCUT2D eigenvalue weighted by molar-refractivity contribution is 7.14. The molecule has 8 heteroatoms. The Morgan fingerprint density at radius 3 is 2.58 bits per heavy atom. The van der Waals surface area contributed by atoms with E-state index in [9.17, 15) is 19.7 Å². The quantitative estimate of drug-likeness (QED) is 0.216. The number of amides is 1. The Labute approximate surface area is 195 Å². The Morgan fingerprint density at radius 2 is 1.82 bits per heavy atom. The van der Waals surface area contributed by atoms with Gasteiger partial charge in [-0.05, 0) is 55.9 Å². The highest BCUT2D eigenvalue weighted by atomic mass is 32.1. The van der Waals surface area contributed by atoms with Crippen molar-refractivity contribution < 1.29 is 19.2 Å². The van der Waals surface area contributed by atoms with Crippen LogP contribution >= 0.6 is 11.3 Å². The summed E-state index contributed by atoms with van der Waals surface area (Å²) in [5.41, 5.74) is 2.19. The van der Waals surface area contributed by atoms with E-state index < -0.39 is 22.9 Å². The van der Waals surface area contributed by atoms with Gasteiger partial charge in [0.15, 0.2) is 0 Å². The molecule has 0 saturated carbocycles. The second kappa shape index (κ2) is 9.95. The van der Waals surface area contributed by atoms with Crippen LogP contribution in [0.1, 0.15) is 56.6 Å². The van der Waals surface area contributed by atoms with Gasteiger partial charge in [-0.3, -0.25) is 14.9 Å². The SMILES string of the molecule is Cc1ccc(NC(=O)C(OC(=O)c2cc3c(s2)CCCCC3)c2ccccc2)c([N+](=O)[O-])c1. The second-order valence-electron chi connectivity index (χ2n) is 8.08. The molecule has 1 aliphatic carbocycles. The van der Waals surface area contributed by atoms with Crippen LogP contribution < -0.4 is 5.32 Å². The fraction of sp³-hybridized carbons (Fsp3) is 0.280. The van der Waals surface area contributed by atoms with E-state index in [4.69, 9.17) is 4.74 Å². The third kappa shape index (κ3) is 5.28. The molecular weight excluding hydrogens is 440 g/mol. The van der Waals surface area contributed by atoms with E-state index in [1.165, 1.54) is 40.3 Å². The number of benzene rings is 2. The van der Waals surface area contributed by atoms with Crippen LogP contribution in [0.4, 0.5) is 11.4 Å². The number of aryl methyl sites for hydroxylation is 3. The summed E-state index contributed by atoms with van der Waals surface area (Å²) in [4.78, 5) is 38.8. The lowest BCUT2D eigenvalue weighted by Gasteiger charge is -2.18. The third-order valence-corrected chi connectivity index (χ3v) is 6.84. The molecule has 33 heavy (non-hydrogen) atoms. The number of carbonyl (C=O) groups is 2. The van der Waals surface area contributed by atoms with Gasteiger partial charge in [0.2, 0.25) is 6.10 Å². The van der Waals surface area contributed by atoms with Gasteiger partial charge in [0, 0.05) is 16.5 Å². The number of nitrogens with one attached hydrogen (secondary N) is 1. The minimum absolute atomic E-state index is 0.0513. The largest absolute Gasteiger partial charge is 0.443 e. The second-order valence-corrected chi connectivity index (χ2v) is 9.22. The summed E-state index contributed by atoms with van der Waals surface area (Å²) >= 11 is 1.42. The van der Waals surface area contributed by atoms with Gasteiger partial charge < -0.3 is 10.1 Å². The maximum atomic E-state index is 13.2. The minimum Gasteiger partial charge on any atom is -0.443 e. The van der Waals surface area contributed by atoms with Crippen LogP contribution in [-0.4, -0.2) is 16.8 Å². The van der Waals surface area contributed by atoms with Crippen LogP contribution in [-0.2, 0) is 22.4 Å². The molecule has 170 valence electrons. The van der Waals surface area contributed by atoms with Crippen LogP contribution in [0.3, 0.4) is 0 Å². The normalized spacial score (nSPS) is 14.0. The smallest absolute Gasteiger partial charge is 0.349 e. The molecule has 0 spiro atoms. The van der Waals surface area contributed by atoms with Gasteiger partial charge >= 0.3 is 5.97 Å². The lowest BCUT2D eigenvalue weighted by molar-refractivity contribution is -0.384. The summed E-state index contributed by atoms with van der Waals surface area (Å²) in [6.07, 6.45) is 4.03. The van der Waals surface area contributed by atoms with Crippen molar-refractivity contribution in [2.24, 2.45) is 0 Å². The average molecular weight is 465 g/mol. The molecule has 4 rings (SSSR count). The van der Waals surface area contributed by atoms with E-state index in [2.05, 4.69) is 5.32 Å². The highest BCUT2D eigenvalue weighted by Gasteiger charge is 2.29. The summed E-state index contributed by atoms with van der Waals surface area (Å²) in [5.74, 6) is -1.23. The van der Waals surface area contributed by atoms with Crippen LogP contribution in [0.25, 0.3) is 0 Å². The number of esters is 1. The molecule has 0 aliphatic heterocycles. The maximum Gasteiger partial charge on any atom is 0.349 e. The minimum atomic E-state index is -1.25. The summed E-state index contributed by atoms with van der Waals surface area (Å²) in [7, 11) is 0. The van der Waals surface area contributed by atoms with Crippen molar-refractivity contribution in [3.8, 4) is 0 Å². The number of anilines is 1. The zero-order valence-corrected chi connectivity index (χ0v) is 19.0. The van der Waals surface area contributed by atoms with Crippen molar-refractivity contribution in [2.45, 2.75) is 45.1 Å². The molecule has 2 aromatic carbocycles. The molecule has 7 nitrogen and oxygen atoms in total. The summed E-state index contributed by atoms with van der Waals surface area (Å²) < 4.78 is 5.68. The zero-order chi connectivity index (χ0) is 23.4. The summed E-state index contributed by atoms with van der Waals surface area (Å²) in [6.45, 7) is 1.73. The van der Waals surface area contributed by atoms with Crippen molar-refractivity contribution in [3.05, 3.63) is 91.2 Å². The van der Waals surface area contributed by atoms with E-state index in [1.54, 1.807) is 43.3 Å². The Kier molecular flexibility index (Phi) is 6.84. The van der Waals surface area contributed by atoms with Gasteiger partial charge in [-0.15, -0.1) is 11.3 Å². The first-order valence-electron chi connectivity index (χ1n) is 10.9. The van der Waals surface area contributed by atoms with Gasteiger partial charge in [0.25, 0.3) is 11.6 Å². The zero-order valence-electron chi connectivity index (χ0n) is 18.2. The Morgan fingerprint density at radius 1 is 1.06 bits per heavy atom. The first-order chi connectivity index (χ1) is 15.9. The van der Waals surface area contributed by atoms with Gasteiger partial charge in [0.1, 0.15) is 10.6 Å². The number of nitrogens with zero attached hydrogens (tertiary/aromatic N) is 1. The van der Waals surface area contributed by atoms with Crippen molar-refractivity contribution in [1.29, 1.82) is 0 Å². The van der Waals surface area contributed by atoms with Gasteiger partial charge in [-0.25, -0.2) is 4.79 Å². The Balaban J connectivity index is 1.59. The van der Waals surface area contributed by atoms with Gasteiger partial charge in [-0.1, -0.05) is 42.8 Å². The third-order valence-electron chi connectivity index (χ3n) is 5.62. The van der Waals surface area contributed by atoms with Gasteiger partial charge in [0.05, 0.1) is 4.92 Å². The molecule has 0 saturated heterocycles. The maximum absolute atomic E-state index is 13.2. The molecule has 0 radical (unpaired) electrons. The van der Waals surface area contributed by atoms with E-state index in [0.717, 1.165) is 25.7 Å². The predicted molar refractivity (Wildman–Crippen MR) is 127 cm³/mol. The number of hydrogen-bond acceptors (Lipinski definition) is 6. The molecular formula is C25H24N2O5S. The Hall–Kier alpha value is -3.52. The molecule has 3 aromatic rings. The first kappa shape index (κ1) is 22.7.